The third-order valence-electron chi connectivity index (χ3n) is 5.06. The van der Waals surface area contributed by atoms with E-state index in [2.05, 4.69) is 5.32 Å². The quantitative estimate of drug-likeness (QED) is 0.918. The van der Waals surface area contributed by atoms with Crippen LogP contribution in [0.4, 0.5) is 4.79 Å². The zero-order valence-corrected chi connectivity index (χ0v) is 12.5. The number of furan rings is 1. The van der Waals surface area contributed by atoms with Crippen molar-refractivity contribution in [3.05, 3.63) is 24.2 Å². The first-order valence-corrected chi connectivity index (χ1v) is 8.10. The molecule has 2 saturated heterocycles. The number of nitrogens with zero attached hydrogens (tertiary/aromatic N) is 2. The van der Waals surface area contributed by atoms with E-state index in [1.165, 1.54) is 0 Å². The Morgan fingerprint density at radius 1 is 1.36 bits per heavy atom. The fourth-order valence-corrected chi connectivity index (χ4v) is 3.76. The van der Waals surface area contributed by atoms with Crippen LogP contribution in [0.2, 0.25) is 0 Å². The molecule has 1 aromatic rings. The third kappa shape index (κ3) is 2.36. The first-order valence-electron chi connectivity index (χ1n) is 8.10. The van der Waals surface area contributed by atoms with Gasteiger partial charge in [0.15, 0.2) is 0 Å². The molecule has 0 radical (unpaired) electrons. The second-order valence-electron chi connectivity index (χ2n) is 6.47. The molecule has 3 fully saturated rings. The lowest BCUT2D eigenvalue weighted by Gasteiger charge is -2.37. The summed E-state index contributed by atoms with van der Waals surface area (Å²) in [6.45, 7) is 2.95. The normalized spacial score (nSPS) is 31.3. The highest BCUT2D eigenvalue weighted by atomic mass is 16.3. The lowest BCUT2D eigenvalue weighted by molar-refractivity contribution is -0.134. The van der Waals surface area contributed by atoms with E-state index in [4.69, 9.17) is 4.42 Å². The van der Waals surface area contributed by atoms with Gasteiger partial charge in [0.05, 0.1) is 12.3 Å². The van der Waals surface area contributed by atoms with Crippen molar-refractivity contribution in [2.24, 2.45) is 5.92 Å². The average Bonchev–Trinajstić information content (AvgIpc) is 2.95. The molecule has 0 aromatic carbocycles. The van der Waals surface area contributed by atoms with Gasteiger partial charge in [0.1, 0.15) is 5.76 Å². The van der Waals surface area contributed by atoms with Gasteiger partial charge in [-0.05, 0) is 31.4 Å². The molecule has 6 heteroatoms. The number of rotatable bonds is 3. The maximum absolute atomic E-state index is 12.7. The lowest BCUT2D eigenvalue weighted by atomic mass is 10.0. The molecule has 3 heterocycles. The van der Waals surface area contributed by atoms with Crippen molar-refractivity contribution < 1.29 is 14.0 Å². The van der Waals surface area contributed by atoms with Crippen molar-refractivity contribution in [3.8, 4) is 0 Å². The van der Waals surface area contributed by atoms with E-state index >= 15 is 0 Å². The molecule has 0 unspecified atom stereocenters. The van der Waals surface area contributed by atoms with Crippen molar-refractivity contribution >= 4 is 11.9 Å². The molecule has 0 bridgehead atoms. The maximum atomic E-state index is 12.7. The Morgan fingerprint density at radius 3 is 3.00 bits per heavy atom. The van der Waals surface area contributed by atoms with Crippen LogP contribution in [0, 0.1) is 5.92 Å². The topological polar surface area (TPSA) is 65.8 Å². The predicted octanol–water partition coefficient (Wildman–Crippen LogP) is 1.40. The summed E-state index contributed by atoms with van der Waals surface area (Å²) >= 11 is 0. The molecule has 2 aliphatic heterocycles. The molecule has 0 spiro atoms. The zero-order chi connectivity index (χ0) is 15.1. The number of hydrogen-bond acceptors (Lipinski definition) is 3. The number of amides is 3. The summed E-state index contributed by atoms with van der Waals surface area (Å²) < 4.78 is 5.41. The van der Waals surface area contributed by atoms with Crippen molar-refractivity contribution in [1.29, 1.82) is 0 Å². The third-order valence-corrected chi connectivity index (χ3v) is 5.06. The first kappa shape index (κ1) is 13.7. The van der Waals surface area contributed by atoms with E-state index in [1.807, 2.05) is 21.9 Å². The van der Waals surface area contributed by atoms with Crippen LogP contribution in [-0.2, 0) is 4.79 Å². The van der Waals surface area contributed by atoms with E-state index in [1.54, 1.807) is 6.26 Å². The van der Waals surface area contributed by atoms with E-state index < -0.39 is 0 Å². The van der Waals surface area contributed by atoms with Crippen molar-refractivity contribution in [2.45, 2.75) is 31.2 Å². The summed E-state index contributed by atoms with van der Waals surface area (Å²) in [7, 11) is 0. The highest BCUT2D eigenvalue weighted by molar-refractivity contribution is 5.83. The van der Waals surface area contributed by atoms with Gasteiger partial charge in [-0.3, -0.25) is 4.79 Å². The average molecular weight is 303 g/mol. The van der Waals surface area contributed by atoms with Gasteiger partial charge in [-0.15, -0.1) is 0 Å². The summed E-state index contributed by atoms with van der Waals surface area (Å²) in [5.41, 5.74) is 0. The second-order valence-corrected chi connectivity index (χ2v) is 6.47. The van der Waals surface area contributed by atoms with Crippen LogP contribution < -0.4 is 5.32 Å². The molecule has 1 saturated carbocycles. The van der Waals surface area contributed by atoms with Gasteiger partial charge >= 0.3 is 6.03 Å². The standard InChI is InChI=1S/C16H21N3O3/c20-15(13-9-12(13)14-4-2-8-22-14)18-6-1-3-11(10-18)19-7-5-17-16(19)21/h2,4,8,11-13H,1,3,5-7,9-10H2,(H,17,21)/t11-,12-,13+/m0/s1. The Kier molecular flexibility index (Phi) is 3.32. The Hall–Kier alpha value is -1.98. The Bertz CT molecular complexity index is 571. The van der Waals surface area contributed by atoms with E-state index in [0.29, 0.717) is 13.1 Å². The minimum absolute atomic E-state index is 0.0131. The monoisotopic (exact) mass is 303 g/mol. The van der Waals surface area contributed by atoms with Crippen LogP contribution in [0.3, 0.4) is 0 Å². The van der Waals surface area contributed by atoms with Gasteiger partial charge in [-0.2, -0.15) is 0 Å². The molecule has 22 heavy (non-hydrogen) atoms. The number of carbonyl (C=O) groups is 2. The highest BCUT2D eigenvalue weighted by Gasteiger charge is 2.48. The molecule has 118 valence electrons. The molecular formula is C16H21N3O3. The number of urea groups is 1. The molecule has 1 aliphatic carbocycles. The molecule has 3 aliphatic rings. The van der Waals surface area contributed by atoms with Gasteiger partial charge in [-0.1, -0.05) is 0 Å². The SMILES string of the molecule is O=C([C@@H]1C[C@@H]1c1ccco1)N1CCC[C@H](N2CCNC2=O)C1. The fourth-order valence-electron chi connectivity index (χ4n) is 3.76. The molecule has 1 aromatic heterocycles. The van der Waals surface area contributed by atoms with Crippen LogP contribution >= 0.6 is 0 Å². The Balaban J connectivity index is 1.38. The van der Waals surface area contributed by atoms with Crippen LogP contribution in [0.1, 0.15) is 30.9 Å². The summed E-state index contributed by atoms with van der Waals surface area (Å²) in [5, 5.41) is 2.84. The number of nitrogens with one attached hydrogen (secondary N) is 1. The minimum atomic E-state index is 0.0131. The number of likely N-dealkylation sites (tertiary alicyclic amines) is 1. The Labute approximate surface area is 129 Å². The largest absolute Gasteiger partial charge is 0.469 e. The number of carbonyl (C=O) groups excluding carboxylic acids is 2. The fraction of sp³-hybridized carbons (Fsp3) is 0.625. The lowest BCUT2D eigenvalue weighted by Crippen LogP contribution is -2.51. The summed E-state index contributed by atoms with van der Waals surface area (Å²) in [5.74, 6) is 1.46. The van der Waals surface area contributed by atoms with Gasteiger partial charge in [0, 0.05) is 38.0 Å². The van der Waals surface area contributed by atoms with Crippen LogP contribution in [0.5, 0.6) is 0 Å². The number of hydrogen-bond donors (Lipinski definition) is 1. The maximum Gasteiger partial charge on any atom is 0.317 e. The predicted molar refractivity (Wildman–Crippen MR) is 79.3 cm³/mol. The molecule has 3 amide bonds. The molecule has 6 nitrogen and oxygen atoms in total. The second kappa shape index (κ2) is 5.34. The van der Waals surface area contributed by atoms with Crippen molar-refractivity contribution in [3.63, 3.8) is 0 Å². The van der Waals surface area contributed by atoms with Crippen LogP contribution in [-0.4, -0.2) is 54.0 Å². The smallest absolute Gasteiger partial charge is 0.317 e. The minimum Gasteiger partial charge on any atom is -0.469 e. The van der Waals surface area contributed by atoms with E-state index in [-0.39, 0.29) is 29.8 Å². The molecule has 1 N–H and O–H groups in total. The summed E-state index contributed by atoms with van der Waals surface area (Å²) in [6.07, 6.45) is 4.51. The Morgan fingerprint density at radius 2 is 2.27 bits per heavy atom. The van der Waals surface area contributed by atoms with Crippen molar-refractivity contribution in [2.75, 3.05) is 26.2 Å². The molecule has 3 atom stereocenters. The van der Waals surface area contributed by atoms with Gasteiger partial charge in [0.25, 0.3) is 0 Å². The van der Waals surface area contributed by atoms with E-state index in [0.717, 1.165) is 38.1 Å². The summed E-state index contributed by atoms with van der Waals surface area (Å²) in [6, 6.07) is 4.00. The van der Waals surface area contributed by atoms with Crippen molar-refractivity contribution in [1.82, 2.24) is 15.1 Å². The van der Waals surface area contributed by atoms with Gasteiger partial charge in [0.2, 0.25) is 5.91 Å². The molecular weight excluding hydrogens is 282 g/mol. The van der Waals surface area contributed by atoms with E-state index in [9.17, 15) is 9.59 Å². The number of piperidine rings is 1. The molecule has 4 rings (SSSR count). The summed E-state index contributed by atoms with van der Waals surface area (Å²) in [4.78, 5) is 28.3. The van der Waals surface area contributed by atoms with Crippen LogP contribution in [0.25, 0.3) is 0 Å². The van der Waals surface area contributed by atoms with Crippen LogP contribution in [0.15, 0.2) is 22.8 Å². The highest BCUT2D eigenvalue weighted by Crippen LogP contribution is 2.48. The first-order chi connectivity index (χ1) is 10.7. The zero-order valence-electron chi connectivity index (χ0n) is 12.5. The van der Waals surface area contributed by atoms with Gasteiger partial charge in [-0.25, -0.2) is 4.79 Å². The van der Waals surface area contributed by atoms with Gasteiger partial charge < -0.3 is 19.5 Å².